The molecule has 5 heteroatoms. The fraction of sp³-hybridized carbons (Fsp3) is 0.200. The molecule has 0 saturated carbocycles. The SMILES string of the molecule is O=c1[nH]cnc2cc(CC(F)F)ccc12. The minimum Gasteiger partial charge on any atom is -0.313 e. The maximum atomic E-state index is 12.1. The average molecular weight is 210 g/mol. The first kappa shape index (κ1) is 9.76. The number of nitrogens with zero attached hydrogens (tertiary/aromatic N) is 1. The van der Waals surface area contributed by atoms with Gasteiger partial charge < -0.3 is 4.98 Å². The van der Waals surface area contributed by atoms with Crippen LogP contribution in [-0.4, -0.2) is 16.4 Å². The van der Waals surface area contributed by atoms with E-state index in [0.29, 0.717) is 16.5 Å². The molecule has 0 aliphatic rings. The molecule has 15 heavy (non-hydrogen) atoms. The van der Waals surface area contributed by atoms with Gasteiger partial charge >= 0.3 is 0 Å². The Kier molecular flexibility index (Phi) is 2.45. The smallest absolute Gasteiger partial charge is 0.258 e. The maximum Gasteiger partial charge on any atom is 0.258 e. The molecule has 1 N–H and O–H groups in total. The number of aromatic nitrogens is 2. The van der Waals surface area contributed by atoms with Crippen LogP contribution in [0.25, 0.3) is 10.9 Å². The van der Waals surface area contributed by atoms with Gasteiger partial charge in [-0.05, 0) is 17.7 Å². The van der Waals surface area contributed by atoms with Gasteiger partial charge in [-0.25, -0.2) is 13.8 Å². The topological polar surface area (TPSA) is 45.8 Å². The Morgan fingerprint density at radius 3 is 2.93 bits per heavy atom. The fourth-order valence-corrected chi connectivity index (χ4v) is 1.42. The Morgan fingerprint density at radius 2 is 2.20 bits per heavy atom. The highest BCUT2D eigenvalue weighted by Gasteiger charge is 2.06. The van der Waals surface area contributed by atoms with Gasteiger partial charge in [0.05, 0.1) is 17.2 Å². The number of hydrogen-bond donors (Lipinski definition) is 1. The molecule has 3 nitrogen and oxygen atoms in total. The van der Waals surface area contributed by atoms with Gasteiger partial charge in [0.15, 0.2) is 0 Å². The molecule has 0 aliphatic carbocycles. The minimum atomic E-state index is -2.38. The third kappa shape index (κ3) is 2.01. The molecule has 0 aliphatic heterocycles. The number of halogens is 2. The summed E-state index contributed by atoms with van der Waals surface area (Å²) in [6.45, 7) is 0. The maximum absolute atomic E-state index is 12.1. The van der Waals surface area contributed by atoms with Crippen LogP contribution in [0.15, 0.2) is 29.3 Å². The van der Waals surface area contributed by atoms with E-state index in [1.807, 2.05) is 0 Å². The zero-order valence-corrected chi connectivity index (χ0v) is 7.71. The lowest BCUT2D eigenvalue weighted by atomic mass is 10.1. The molecule has 1 aromatic heterocycles. The van der Waals surface area contributed by atoms with Crippen LogP contribution in [-0.2, 0) is 6.42 Å². The van der Waals surface area contributed by atoms with Gasteiger partial charge in [0.1, 0.15) is 0 Å². The number of benzene rings is 1. The van der Waals surface area contributed by atoms with Crippen molar-refractivity contribution >= 4 is 10.9 Å². The van der Waals surface area contributed by atoms with Gasteiger partial charge in [0, 0.05) is 6.42 Å². The lowest BCUT2D eigenvalue weighted by Crippen LogP contribution is -2.06. The van der Waals surface area contributed by atoms with Crippen LogP contribution in [0.4, 0.5) is 8.78 Å². The summed E-state index contributed by atoms with van der Waals surface area (Å²) >= 11 is 0. The fourth-order valence-electron chi connectivity index (χ4n) is 1.42. The van der Waals surface area contributed by atoms with Gasteiger partial charge in [-0.3, -0.25) is 4.79 Å². The van der Waals surface area contributed by atoms with Crippen LogP contribution in [0.1, 0.15) is 5.56 Å². The van der Waals surface area contributed by atoms with E-state index >= 15 is 0 Å². The molecule has 0 atom stereocenters. The molecule has 1 aromatic carbocycles. The molecule has 0 fully saturated rings. The summed E-state index contributed by atoms with van der Waals surface area (Å²) in [5.74, 6) is 0. The van der Waals surface area contributed by atoms with Crippen LogP contribution in [0.3, 0.4) is 0 Å². The second-order valence-electron chi connectivity index (χ2n) is 3.18. The van der Waals surface area contributed by atoms with Crippen LogP contribution in [0.2, 0.25) is 0 Å². The second kappa shape index (κ2) is 3.76. The summed E-state index contributed by atoms with van der Waals surface area (Å²) in [6, 6.07) is 4.54. The molecule has 0 radical (unpaired) electrons. The first-order valence-electron chi connectivity index (χ1n) is 4.41. The van der Waals surface area contributed by atoms with E-state index in [1.165, 1.54) is 24.5 Å². The summed E-state index contributed by atoms with van der Waals surface area (Å²) in [5, 5.41) is 0.413. The Bertz CT molecular complexity index is 536. The van der Waals surface area contributed by atoms with E-state index in [2.05, 4.69) is 9.97 Å². The molecule has 0 saturated heterocycles. The van der Waals surface area contributed by atoms with Crippen LogP contribution in [0.5, 0.6) is 0 Å². The van der Waals surface area contributed by atoms with Gasteiger partial charge in [0.2, 0.25) is 6.43 Å². The van der Waals surface area contributed by atoms with Gasteiger partial charge in [0.25, 0.3) is 5.56 Å². The van der Waals surface area contributed by atoms with Crippen molar-refractivity contribution in [2.75, 3.05) is 0 Å². The van der Waals surface area contributed by atoms with Crippen molar-refractivity contribution in [3.05, 3.63) is 40.4 Å². The molecular formula is C10H8F2N2O. The van der Waals surface area contributed by atoms with Gasteiger partial charge in [-0.1, -0.05) is 6.07 Å². The third-order valence-electron chi connectivity index (χ3n) is 2.10. The predicted octanol–water partition coefficient (Wildman–Crippen LogP) is 1.73. The molecule has 78 valence electrons. The highest BCUT2D eigenvalue weighted by atomic mass is 19.3. The van der Waals surface area contributed by atoms with E-state index in [1.54, 1.807) is 0 Å². The molecule has 0 unspecified atom stereocenters. The van der Waals surface area contributed by atoms with E-state index in [4.69, 9.17) is 0 Å². The molecule has 1 heterocycles. The number of rotatable bonds is 2. The molecule has 0 bridgehead atoms. The number of alkyl halides is 2. The Balaban J connectivity index is 2.52. The lowest BCUT2D eigenvalue weighted by Gasteiger charge is -2.01. The van der Waals surface area contributed by atoms with E-state index in [0.717, 1.165) is 0 Å². The quantitative estimate of drug-likeness (QED) is 0.820. The van der Waals surface area contributed by atoms with Crippen LogP contribution < -0.4 is 5.56 Å². The highest BCUT2D eigenvalue weighted by Crippen LogP contribution is 2.12. The van der Waals surface area contributed by atoms with E-state index < -0.39 is 6.43 Å². The summed E-state index contributed by atoms with van der Waals surface area (Å²) in [7, 11) is 0. The second-order valence-corrected chi connectivity index (χ2v) is 3.18. The first-order chi connectivity index (χ1) is 7.16. The average Bonchev–Trinajstić information content (AvgIpc) is 2.17. The van der Waals surface area contributed by atoms with Crippen molar-refractivity contribution in [2.24, 2.45) is 0 Å². The van der Waals surface area contributed by atoms with Crippen LogP contribution in [0, 0.1) is 0 Å². The van der Waals surface area contributed by atoms with Gasteiger partial charge in [-0.2, -0.15) is 0 Å². The lowest BCUT2D eigenvalue weighted by molar-refractivity contribution is 0.149. The first-order valence-corrected chi connectivity index (χ1v) is 4.41. The minimum absolute atomic E-state index is 0.261. The zero-order valence-electron chi connectivity index (χ0n) is 7.71. The largest absolute Gasteiger partial charge is 0.313 e. The number of H-pyrrole nitrogens is 1. The normalized spacial score (nSPS) is 11.1. The van der Waals surface area contributed by atoms with Crippen molar-refractivity contribution in [3.63, 3.8) is 0 Å². The predicted molar refractivity (Wildman–Crippen MR) is 52.1 cm³/mol. The van der Waals surface area contributed by atoms with Crippen molar-refractivity contribution in [2.45, 2.75) is 12.8 Å². The highest BCUT2D eigenvalue weighted by molar-refractivity contribution is 5.77. The zero-order chi connectivity index (χ0) is 10.8. The van der Waals surface area contributed by atoms with Crippen molar-refractivity contribution in [3.8, 4) is 0 Å². The monoisotopic (exact) mass is 210 g/mol. The Hall–Kier alpha value is -1.78. The standard InChI is InChI=1S/C10H8F2N2O/c11-9(12)4-6-1-2-7-8(3-6)13-5-14-10(7)15/h1-3,5,9H,4H2,(H,13,14,15). The summed E-state index contributed by atoms with van der Waals surface area (Å²) in [5.41, 5.74) is 0.663. The van der Waals surface area contributed by atoms with Crippen molar-refractivity contribution < 1.29 is 8.78 Å². The van der Waals surface area contributed by atoms with Crippen LogP contribution >= 0.6 is 0 Å². The van der Waals surface area contributed by atoms with E-state index in [9.17, 15) is 13.6 Å². The molecule has 0 spiro atoms. The summed E-state index contributed by atoms with van der Waals surface area (Å²) in [4.78, 5) is 17.6. The number of hydrogen-bond acceptors (Lipinski definition) is 2. The summed E-state index contributed by atoms with van der Waals surface area (Å²) in [6.07, 6.45) is -1.44. The molecular weight excluding hydrogens is 202 g/mol. The molecule has 2 aromatic rings. The van der Waals surface area contributed by atoms with Gasteiger partial charge in [-0.15, -0.1) is 0 Å². The van der Waals surface area contributed by atoms with Crippen molar-refractivity contribution in [1.82, 2.24) is 9.97 Å². The molecule has 2 rings (SSSR count). The summed E-state index contributed by atoms with van der Waals surface area (Å²) < 4.78 is 24.2. The number of aromatic amines is 1. The van der Waals surface area contributed by atoms with E-state index in [-0.39, 0.29) is 12.0 Å². The molecule has 0 amide bonds. The Labute approximate surface area is 83.8 Å². The number of nitrogens with one attached hydrogen (secondary N) is 1. The third-order valence-corrected chi connectivity index (χ3v) is 2.10. The Morgan fingerprint density at radius 1 is 1.40 bits per heavy atom. The van der Waals surface area contributed by atoms with Crippen molar-refractivity contribution in [1.29, 1.82) is 0 Å². The number of fused-ring (bicyclic) bond motifs is 1.